The largest absolute Gasteiger partial charge is 0.416 e. The van der Waals surface area contributed by atoms with Crippen molar-refractivity contribution < 1.29 is 34.4 Å². The van der Waals surface area contributed by atoms with Gasteiger partial charge in [0.15, 0.2) is 11.4 Å². The second-order valence-corrected chi connectivity index (χ2v) is 11.7. The molecule has 0 aromatic heterocycles. The SMILES string of the molecule is C=C[C@@]1(C)CC(=O)[C@]2(O)[C@]3(C)[C@@H](C[C@H](O)[C@@]2(C)O1)C(C)(C)CC[C@@]3(O)OC(=O)Nc1ccccc1. The van der Waals surface area contributed by atoms with Crippen LogP contribution in [0.15, 0.2) is 43.0 Å². The first kappa shape index (κ1) is 25.8. The normalized spacial score (nSPS) is 44.5. The number of fused-ring (bicyclic) bond motifs is 3. The number of ether oxygens (including phenoxy) is 2. The van der Waals surface area contributed by atoms with Crippen LogP contribution in [0.1, 0.15) is 60.3 Å². The zero-order valence-corrected chi connectivity index (χ0v) is 21.1. The molecule has 0 spiro atoms. The molecule has 3 fully saturated rings. The fourth-order valence-corrected chi connectivity index (χ4v) is 7.04. The first-order chi connectivity index (χ1) is 16.1. The van der Waals surface area contributed by atoms with Gasteiger partial charge in [0, 0.05) is 18.5 Å². The summed E-state index contributed by atoms with van der Waals surface area (Å²) in [6.45, 7) is 12.5. The van der Waals surface area contributed by atoms with E-state index in [9.17, 15) is 24.9 Å². The Bertz CT molecular complexity index is 1040. The van der Waals surface area contributed by atoms with Gasteiger partial charge in [0.25, 0.3) is 0 Å². The third-order valence-corrected chi connectivity index (χ3v) is 9.20. The quantitative estimate of drug-likeness (QED) is 0.379. The Morgan fingerprint density at radius 2 is 1.77 bits per heavy atom. The lowest BCUT2D eigenvalue weighted by atomic mass is 9.39. The van der Waals surface area contributed by atoms with Gasteiger partial charge in [-0.3, -0.25) is 10.1 Å². The number of amides is 1. The highest BCUT2D eigenvalue weighted by atomic mass is 16.7. The van der Waals surface area contributed by atoms with Gasteiger partial charge >= 0.3 is 6.09 Å². The molecule has 0 bridgehead atoms. The molecular weight excluding hydrogens is 450 g/mol. The Morgan fingerprint density at radius 1 is 1.14 bits per heavy atom. The van der Waals surface area contributed by atoms with Crippen molar-refractivity contribution >= 4 is 17.6 Å². The summed E-state index contributed by atoms with van der Waals surface area (Å²) in [5, 5.41) is 38.4. The van der Waals surface area contributed by atoms with E-state index in [0.717, 1.165) is 0 Å². The molecule has 8 nitrogen and oxygen atoms in total. The maximum atomic E-state index is 13.9. The highest BCUT2D eigenvalue weighted by Crippen LogP contribution is 2.69. The van der Waals surface area contributed by atoms with E-state index in [1.165, 1.54) is 13.0 Å². The van der Waals surface area contributed by atoms with Crippen LogP contribution in [0.2, 0.25) is 0 Å². The fourth-order valence-electron chi connectivity index (χ4n) is 7.04. The maximum absolute atomic E-state index is 13.9. The summed E-state index contributed by atoms with van der Waals surface area (Å²) < 4.78 is 12.0. The van der Waals surface area contributed by atoms with Gasteiger partial charge in [0.1, 0.15) is 5.60 Å². The predicted molar refractivity (Wildman–Crippen MR) is 129 cm³/mol. The fraction of sp³-hybridized carbons (Fsp3) is 0.630. The average Bonchev–Trinajstić information content (AvgIpc) is 2.77. The third kappa shape index (κ3) is 3.41. The van der Waals surface area contributed by atoms with Crippen molar-refractivity contribution in [2.75, 3.05) is 5.32 Å². The minimum Gasteiger partial charge on any atom is -0.416 e. The number of Topliss-reactive ketones (excluding diaryl/α,β-unsaturated/α-hetero) is 1. The number of ketones is 1. The molecule has 1 amide bonds. The molecule has 7 atom stereocenters. The monoisotopic (exact) mass is 487 g/mol. The van der Waals surface area contributed by atoms with Crippen molar-refractivity contribution in [2.45, 2.75) is 89.0 Å². The highest BCUT2D eigenvalue weighted by Gasteiger charge is 2.82. The van der Waals surface area contributed by atoms with E-state index in [-0.39, 0.29) is 19.3 Å². The van der Waals surface area contributed by atoms with Gasteiger partial charge in [-0.25, -0.2) is 4.79 Å². The third-order valence-electron chi connectivity index (χ3n) is 9.20. The Morgan fingerprint density at radius 3 is 2.37 bits per heavy atom. The lowest BCUT2D eigenvalue weighted by Crippen LogP contribution is -2.86. The van der Waals surface area contributed by atoms with E-state index in [1.54, 1.807) is 44.2 Å². The molecule has 192 valence electrons. The standard InChI is InChI=1S/C27H37NO7/c1-7-23(4)16-20(30)27(33)24(5)18(15-19(29)25(27,6)35-23)22(2,3)13-14-26(24,32)34-21(31)28-17-11-9-8-10-12-17/h7-12,18-19,29,32-33H,1,13-16H2,2-6H3,(H,28,31)/t18-,19-,23-,24+,25+,26+,27-/m0/s1. The van der Waals surface area contributed by atoms with Crippen LogP contribution in [0.4, 0.5) is 10.5 Å². The maximum Gasteiger partial charge on any atom is 0.414 e. The van der Waals surface area contributed by atoms with E-state index >= 15 is 0 Å². The number of anilines is 1. The van der Waals surface area contributed by atoms with Crippen LogP contribution in [0.25, 0.3) is 0 Å². The Kier molecular flexibility index (Phi) is 5.80. The molecule has 8 heteroatoms. The van der Waals surface area contributed by atoms with Gasteiger partial charge in [-0.1, -0.05) is 38.1 Å². The smallest absolute Gasteiger partial charge is 0.414 e. The lowest BCUT2D eigenvalue weighted by Gasteiger charge is -2.71. The van der Waals surface area contributed by atoms with Crippen LogP contribution in [0.3, 0.4) is 0 Å². The zero-order chi connectivity index (χ0) is 26.1. The van der Waals surface area contributed by atoms with Crippen LogP contribution in [-0.2, 0) is 14.3 Å². The van der Waals surface area contributed by atoms with E-state index < -0.39 is 57.3 Å². The van der Waals surface area contributed by atoms with Gasteiger partial charge in [-0.05, 0) is 57.1 Å². The number of carbonyl (C=O) groups is 2. The number of hydrogen-bond acceptors (Lipinski definition) is 7. The first-order valence-electron chi connectivity index (χ1n) is 12.1. The van der Waals surface area contributed by atoms with Crippen LogP contribution < -0.4 is 5.32 Å². The summed E-state index contributed by atoms with van der Waals surface area (Å²) in [6, 6.07) is 8.65. The molecule has 1 aromatic rings. The number of aliphatic hydroxyl groups excluding tert-OH is 1. The first-order valence-corrected chi connectivity index (χ1v) is 12.1. The minimum absolute atomic E-state index is 0.00426. The highest BCUT2D eigenvalue weighted by molar-refractivity contribution is 5.92. The molecule has 1 heterocycles. The number of carbonyl (C=O) groups excluding carboxylic acids is 2. The van der Waals surface area contributed by atoms with Gasteiger partial charge < -0.3 is 24.8 Å². The molecule has 3 aliphatic rings. The summed E-state index contributed by atoms with van der Waals surface area (Å²) in [7, 11) is 0. The van der Waals surface area contributed by atoms with E-state index in [4.69, 9.17) is 9.47 Å². The Labute approximate surface area is 206 Å². The summed E-state index contributed by atoms with van der Waals surface area (Å²) in [6.07, 6.45) is -0.267. The lowest BCUT2D eigenvalue weighted by molar-refractivity contribution is -0.399. The van der Waals surface area contributed by atoms with Gasteiger partial charge in [-0.2, -0.15) is 0 Å². The van der Waals surface area contributed by atoms with E-state index in [0.29, 0.717) is 12.1 Å². The number of rotatable bonds is 3. The molecule has 1 aromatic carbocycles. The second kappa shape index (κ2) is 7.87. The molecule has 1 saturated heterocycles. The van der Waals surface area contributed by atoms with E-state index in [1.807, 2.05) is 13.8 Å². The zero-order valence-electron chi connectivity index (χ0n) is 21.1. The molecular formula is C27H37NO7. The molecule has 0 unspecified atom stereocenters. The summed E-state index contributed by atoms with van der Waals surface area (Å²) in [5.41, 5.74) is -6.96. The molecule has 1 aliphatic heterocycles. The molecule has 4 rings (SSSR count). The minimum atomic E-state index is -2.36. The molecule has 2 aliphatic carbocycles. The topological polar surface area (TPSA) is 125 Å². The summed E-state index contributed by atoms with van der Waals surface area (Å²) in [4.78, 5) is 26.8. The number of benzene rings is 1. The van der Waals surface area contributed by atoms with Crippen molar-refractivity contribution in [1.82, 2.24) is 0 Å². The van der Waals surface area contributed by atoms with Gasteiger partial charge in [0.2, 0.25) is 5.79 Å². The Balaban J connectivity index is 1.83. The number of hydrogen-bond donors (Lipinski definition) is 4. The van der Waals surface area contributed by atoms with Crippen molar-refractivity contribution in [3.05, 3.63) is 43.0 Å². The number of aliphatic hydroxyl groups is 3. The van der Waals surface area contributed by atoms with Gasteiger partial charge in [0.05, 0.1) is 17.1 Å². The second-order valence-electron chi connectivity index (χ2n) is 11.7. The van der Waals surface area contributed by atoms with Crippen molar-refractivity contribution in [1.29, 1.82) is 0 Å². The van der Waals surface area contributed by atoms with Crippen LogP contribution in [0.5, 0.6) is 0 Å². The molecule has 2 saturated carbocycles. The number of para-hydroxylation sites is 1. The van der Waals surface area contributed by atoms with Crippen LogP contribution in [0, 0.1) is 16.7 Å². The van der Waals surface area contributed by atoms with E-state index in [2.05, 4.69) is 11.9 Å². The average molecular weight is 488 g/mol. The van der Waals surface area contributed by atoms with Gasteiger partial charge in [-0.15, -0.1) is 6.58 Å². The molecule has 0 radical (unpaired) electrons. The van der Waals surface area contributed by atoms with Crippen molar-refractivity contribution in [3.63, 3.8) is 0 Å². The van der Waals surface area contributed by atoms with Crippen LogP contribution >= 0.6 is 0 Å². The van der Waals surface area contributed by atoms with Crippen molar-refractivity contribution in [3.8, 4) is 0 Å². The molecule has 4 N–H and O–H groups in total. The summed E-state index contributed by atoms with van der Waals surface area (Å²) in [5.74, 6) is -3.39. The summed E-state index contributed by atoms with van der Waals surface area (Å²) >= 11 is 0. The van der Waals surface area contributed by atoms with Crippen LogP contribution in [-0.4, -0.2) is 55.9 Å². The number of nitrogens with one attached hydrogen (secondary N) is 1. The molecule has 35 heavy (non-hydrogen) atoms. The predicted octanol–water partition coefficient (Wildman–Crippen LogP) is 3.55. The van der Waals surface area contributed by atoms with Crippen molar-refractivity contribution in [2.24, 2.45) is 16.7 Å². The Hall–Kier alpha value is -2.26.